The molecule has 130 valence electrons. The largest absolute Gasteiger partial charge is 0.492 e. The van der Waals surface area contributed by atoms with Gasteiger partial charge in [0.05, 0.1) is 19.9 Å². The van der Waals surface area contributed by atoms with Crippen LogP contribution in [-0.2, 0) is 9.47 Å². The van der Waals surface area contributed by atoms with Crippen LogP contribution in [0, 0.1) is 11.8 Å². The van der Waals surface area contributed by atoms with Crippen molar-refractivity contribution >= 4 is 5.97 Å². The van der Waals surface area contributed by atoms with Crippen LogP contribution in [0.25, 0.3) is 0 Å². The Balaban J connectivity index is 2.23. The van der Waals surface area contributed by atoms with Crippen molar-refractivity contribution in [3.63, 3.8) is 0 Å². The van der Waals surface area contributed by atoms with Gasteiger partial charge in [0, 0.05) is 12.7 Å². The van der Waals surface area contributed by atoms with Crippen LogP contribution in [0.1, 0.15) is 28.5 Å². The van der Waals surface area contributed by atoms with Gasteiger partial charge in [-0.05, 0) is 43.2 Å². The Morgan fingerprint density at radius 2 is 1.96 bits per heavy atom. The zero-order valence-electron chi connectivity index (χ0n) is 14.4. The lowest BCUT2D eigenvalue weighted by Gasteiger charge is -2.09. The van der Waals surface area contributed by atoms with Gasteiger partial charge in [0.25, 0.3) is 0 Å². The molecule has 2 aromatic rings. The number of nitrogens with zero attached hydrogens (tertiary/aromatic N) is 1. The Morgan fingerprint density at radius 1 is 1.12 bits per heavy atom. The molecule has 0 aliphatic heterocycles. The quantitative estimate of drug-likeness (QED) is 0.457. The van der Waals surface area contributed by atoms with Gasteiger partial charge in [0.2, 0.25) is 0 Å². The zero-order chi connectivity index (χ0) is 18.1. The molecule has 0 saturated heterocycles. The number of carbonyl (C=O) groups is 1. The van der Waals surface area contributed by atoms with Gasteiger partial charge in [-0.25, -0.2) is 9.78 Å². The first kappa shape index (κ1) is 18.3. The van der Waals surface area contributed by atoms with Gasteiger partial charge < -0.3 is 18.9 Å². The second kappa shape index (κ2) is 9.30. The van der Waals surface area contributed by atoms with Crippen molar-refractivity contribution in [2.45, 2.75) is 6.92 Å². The number of aromatic nitrogens is 1. The van der Waals surface area contributed by atoms with Crippen LogP contribution >= 0.6 is 0 Å². The van der Waals surface area contributed by atoms with Gasteiger partial charge in [-0.15, -0.1) is 0 Å². The average Bonchev–Trinajstić information content (AvgIpc) is 2.65. The maximum atomic E-state index is 11.8. The predicted octanol–water partition coefficient (Wildman–Crippen LogP) is 2.65. The third-order valence-electron chi connectivity index (χ3n) is 3.10. The summed E-state index contributed by atoms with van der Waals surface area (Å²) in [4.78, 5) is 16.0. The fourth-order valence-electron chi connectivity index (χ4n) is 1.96. The number of esters is 1. The number of hydrogen-bond donors (Lipinski definition) is 0. The van der Waals surface area contributed by atoms with Crippen LogP contribution in [0.4, 0.5) is 0 Å². The van der Waals surface area contributed by atoms with Crippen molar-refractivity contribution in [3.05, 3.63) is 53.3 Å². The Morgan fingerprint density at radius 3 is 2.60 bits per heavy atom. The van der Waals surface area contributed by atoms with E-state index in [1.807, 2.05) is 13.0 Å². The monoisotopic (exact) mass is 341 g/mol. The normalized spacial score (nSPS) is 9.72. The van der Waals surface area contributed by atoms with E-state index in [1.54, 1.807) is 30.5 Å². The van der Waals surface area contributed by atoms with E-state index in [-0.39, 0.29) is 6.79 Å². The summed E-state index contributed by atoms with van der Waals surface area (Å²) in [6, 6.07) is 8.57. The average molecular weight is 341 g/mol. The smallest absolute Gasteiger partial charge is 0.341 e. The summed E-state index contributed by atoms with van der Waals surface area (Å²) in [6.07, 6.45) is 1.63. The summed E-state index contributed by atoms with van der Waals surface area (Å²) in [7, 11) is 2.81. The van der Waals surface area contributed by atoms with Crippen LogP contribution in [0.15, 0.2) is 36.5 Å². The molecule has 1 aromatic carbocycles. The molecule has 0 N–H and O–H groups in total. The van der Waals surface area contributed by atoms with E-state index in [9.17, 15) is 4.79 Å². The first-order chi connectivity index (χ1) is 12.2. The Hall–Kier alpha value is -3.04. The van der Waals surface area contributed by atoms with Crippen molar-refractivity contribution in [1.29, 1.82) is 0 Å². The molecule has 6 heteroatoms. The highest BCUT2D eigenvalue weighted by molar-refractivity contribution is 5.92. The molecule has 1 aromatic heterocycles. The lowest BCUT2D eigenvalue weighted by atomic mass is 10.1. The molecule has 0 aliphatic rings. The molecule has 0 aliphatic carbocycles. The molecule has 0 fully saturated rings. The lowest BCUT2D eigenvalue weighted by Crippen LogP contribution is -2.07. The van der Waals surface area contributed by atoms with Gasteiger partial charge in [0.15, 0.2) is 6.79 Å². The van der Waals surface area contributed by atoms with Crippen molar-refractivity contribution in [2.75, 3.05) is 27.6 Å². The summed E-state index contributed by atoms with van der Waals surface area (Å²) in [5, 5.41) is 0. The molecule has 0 spiro atoms. The zero-order valence-corrected chi connectivity index (χ0v) is 14.4. The van der Waals surface area contributed by atoms with E-state index in [1.165, 1.54) is 14.2 Å². The van der Waals surface area contributed by atoms with Gasteiger partial charge >= 0.3 is 5.97 Å². The predicted molar refractivity (Wildman–Crippen MR) is 91.7 cm³/mol. The molecule has 0 atom stereocenters. The van der Waals surface area contributed by atoms with Crippen LogP contribution in [0.2, 0.25) is 0 Å². The second-order valence-electron chi connectivity index (χ2n) is 4.82. The molecule has 2 rings (SSSR count). The number of rotatable bonds is 6. The minimum absolute atomic E-state index is 0.0152. The SMILES string of the molecule is CCOc1ccc(C#Cc2ccc(C(=O)OC)c(OCOC)c2)nc1. The lowest BCUT2D eigenvalue weighted by molar-refractivity contribution is 0.0465. The summed E-state index contributed by atoms with van der Waals surface area (Å²) in [6.45, 7) is 2.51. The summed E-state index contributed by atoms with van der Waals surface area (Å²) >= 11 is 0. The number of ether oxygens (including phenoxy) is 4. The van der Waals surface area contributed by atoms with Crippen LogP contribution in [-0.4, -0.2) is 38.6 Å². The highest BCUT2D eigenvalue weighted by Crippen LogP contribution is 2.21. The van der Waals surface area contributed by atoms with E-state index in [0.29, 0.717) is 34.9 Å². The molecule has 25 heavy (non-hydrogen) atoms. The summed E-state index contributed by atoms with van der Waals surface area (Å²) in [5.41, 5.74) is 1.60. The third kappa shape index (κ3) is 5.23. The summed E-state index contributed by atoms with van der Waals surface area (Å²) < 4.78 is 20.4. The van der Waals surface area contributed by atoms with Crippen molar-refractivity contribution in [3.8, 4) is 23.3 Å². The molecule has 1 heterocycles. The molecular formula is C19H19NO5. The van der Waals surface area contributed by atoms with Gasteiger partial charge in [-0.1, -0.05) is 5.92 Å². The van der Waals surface area contributed by atoms with Crippen LogP contribution < -0.4 is 9.47 Å². The number of pyridine rings is 1. The van der Waals surface area contributed by atoms with Crippen LogP contribution in [0.3, 0.4) is 0 Å². The Kier molecular flexibility index (Phi) is 6.81. The topological polar surface area (TPSA) is 66.9 Å². The Bertz CT molecular complexity index is 775. The van der Waals surface area contributed by atoms with E-state index < -0.39 is 5.97 Å². The minimum Gasteiger partial charge on any atom is -0.492 e. The van der Waals surface area contributed by atoms with Crippen molar-refractivity contribution < 1.29 is 23.7 Å². The van der Waals surface area contributed by atoms with Crippen molar-refractivity contribution in [2.24, 2.45) is 0 Å². The molecule has 6 nitrogen and oxygen atoms in total. The molecular weight excluding hydrogens is 322 g/mol. The molecule has 0 bridgehead atoms. The first-order valence-corrected chi connectivity index (χ1v) is 7.63. The third-order valence-corrected chi connectivity index (χ3v) is 3.10. The maximum Gasteiger partial charge on any atom is 0.341 e. The second-order valence-corrected chi connectivity index (χ2v) is 4.82. The molecule has 0 saturated carbocycles. The first-order valence-electron chi connectivity index (χ1n) is 7.63. The highest BCUT2D eigenvalue weighted by atomic mass is 16.7. The van der Waals surface area contributed by atoms with Crippen LogP contribution in [0.5, 0.6) is 11.5 Å². The fourth-order valence-corrected chi connectivity index (χ4v) is 1.96. The molecule has 0 radical (unpaired) electrons. The fraction of sp³-hybridized carbons (Fsp3) is 0.263. The number of hydrogen-bond acceptors (Lipinski definition) is 6. The van der Waals surface area contributed by atoms with Gasteiger partial charge in [-0.2, -0.15) is 0 Å². The van der Waals surface area contributed by atoms with E-state index in [4.69, 9.17) is 18.9 Å². The standard InChI is InChI=1S/C19H19NO5/c1-4-24-16-9-8-15(20-12-16)7-5-14-6-10-17(19(21)23-3)18(11-14)25-13-22-2/h6,8-12H,4,13H2,1-3H3. The van der Waals surface area contributed by atoms with Gasteiger partial charge in [0.1, 0.15) is 22.8 Å². The highest BCUT2D eigenvalue weighted by Gasteiger charge is 2.13. The molecule has 0 amide bonds. The van der Waals surface area contributed by atoms with Gasteiger partial charge in [-0.3, -0.25) is 0 Å². The molecule has 0 unspecified atom stereocenters. The van der Waals surface area contributed by atoms with E-state index >= 15 is 0 Å². The van der Waals surface area contributed by atoms with E-state index in [0.717, 1.165) is 0 Å². The Labute approximate surface area is 146 Å². The van der Waals surface area contributed by atoms with Crippen molar-refractivity contribution in [1.82, 2.24) is 4.98 Å². The maximum absolute atomic E-state index is 11.8. The minimum atomic E-state index is -0.487. The van der Waals surface area contributed by atoms with E-state index in [2.05, 4.69) is 16.8 Å². The summed E-state index contributed by atoms with van der Waals surface area (Å²) in [5.74, 6) is 6.50. The number of benzene rings is 1. The number of methoxy groups -OCH3 is 2. The number of carbonyl (C=O) groups excluding carboxylic acids is 1.